The fourth-order valence-corrected chi connectivity index (χ4v) is 2.09. The molecule has 0 aliphatic rings. The van der Waals surface area contributed by atoms with E-state index >= 15 is 0 Å². The number of tetrazole rings is 1. The minimum atomic E-state index is 0.230. The molecule has 108 valence electrons. The molecule has 1 aromatic heterocycles. The maximum absolute atomic E-state index is 5.84. The Kier molecular flexibility index (Phi) is 4.22. The van der Waals surface area contributed by atoms with Crippen molar-refractivity contribution in [3.05, 3.63) is 18.2 Å². The summed E-state index contributed by atoms with van der Waals surface area (Å²) in [6.07, 6.45) is 1.07. The van der Waals surface area contributed by atoms with E-state index in [1.54, 1.807) is 13.2 Å². The van der Waals surface area contributed by atoms with Crippen molar-refractivity contribution >= 4 is 5.69 Å². The molecule has 2 N–H and O–H groups in total. The third-order valence-electron chi connectivity index (χ3n) is 3.84. The lowest BCUT2D eigenvalue weighted by Crippen LogP contribution is -2.16. The van der Waals surface area contributed by atoms with Gasteiger partial charge in [-0.15, -0.1) is 5.10 Å². The van der Waals surface area contributed by atoms with E-state index in [4.69, 9.17) is 10.5 Å². The average molecular weight is 275 g/mol. The van der Waals surface area contributed by atoms with Crippen molar-refractivity contribution in [1.82, 2.24) is 20.2 Å². The summed E-state index contributed by atoms with van der Waals surface area (Å²) in [5, 5.41) is 12.1. The predicted molar refractivity (Wildman–Crippen MR) is 78.4 cm³/mol. The number of aromatic nitrogens is 4. The molecule has 0 saturated heterocycles. The second-order valence-corrected chi connectivity index (χ2v) is 5.03. The van der Waals surface area contributed by atoms with Gasteiger partial charge in [-0.05, 0) is 41.5 Å². The quantitative estimate of drug-likeness (QED) is 0.848. The van der Waals surface area contributed by atoms with Crippen LogP contribution in [0.2, 0.25) is 0 Å². The largest absolute Gasteiger partial charge is 0.495 e. The van der Waals surface area contributed by atoms with Crippen LogP contribution in [-0.2, 0) is 0 Å². The maximum Gasteiger partial charge on any atom is 0.182 e. The lowest BCUT2D eigenvalue weighted by atomic mass is 10.0. The van der Waals surface area contributed by atoms with Crippen molar-refractivity contribution in [1.29, 1.82) is 0 Å². The summed E-state index contributed by atoms with van der Waals surface area (Å²) in [4.78, 5) is 0. The Bertz CT molecular complexity index is 581. The monoisotopic (exact) mass is 275 g/mol. The maximum atomic E-state index is 5.84. The Morgan fingerprint density at radius 1 is 1.35 bits per heavy atom. The summed E-state index contributed by atoms with van der Waals surface area (Å²) in [5.74, 6) is 1.86. The normalized spacial score (nSPS) is 14.0. The molecule has 1 heterocycles. The summed E-state index contributed by atoms with van der Waals surface area (Å²) in [6.45, 7) is 6.49. The van der Waals surface area contributed by atoms with Crippen LogP contribution in [0, 0.1) is 5.92 Å². The number of ether oxygens (including phenoxy) is 1. The van der Waals surface area contributed by atoms with Gasteiger partial charge in [0.15, 0.2) is 5.82 Å². The van der Waals surface area contributed by atoms with Crippen LogP contribution in [0.1, 0.15) is 33.2 Å². The molecule has 0 radical (unpaired) electrons. The van der Waals surface area contributed by atoms with E-state index in [0.717, 1.165) is 17.8 Å². The number of hydrogen-bond donors (Lipinski definition) is 1. The first-order valence-electron chi connectivity index (χ1n) is 6.80. The van der Waals surface area contributed by atoms with Gasteiger partial charge in [0.05, 0.1) is 18.8 Å². The van der Waals surface area contributed by atoms with E-state index in [2.05, 4.69) is 36.3 Å². The lowest BCUT2D eigenvalue weighted by molar-refractivity contribution is 0.340. The molecule has 0 spiro atoms. The van der Waals surface area contributed by atoms with Crippen molar-refractivity contribution in [2.45, 2.75) is 33.2 Å². The molecule has 2 aromatic rings. The Morgan fingerprint density at radius 3 is 2.75 bits per heavy atom. The number of hydrogen-bond acceptors (Lipinski definition) is 5. The van der Waals surface area contributed by atoms with E-state index < -0.39 is 0 Å². The summed E-state index contributed by atoms with van der Waals surface area (Å²) in [7, 11) is 1.60. The van der Waals surface area contributed by atoms with Crippen molar-refractivity contribution in [3.63, 3.8) is 0 Å². The summed E-state index contributed by atoms with van der Waals surface area (Å²) in [5.41, 5.74) is 7.34. The molecule has 0 bridgehead atoms. The molecule has 0 amide bonds. The minimum Gasteiger partial charge on any atom is -0.495 e. The van der Waals surface area contributed by atoms with E-state index in [1.807, 2.05) is 16.8 Å². The average Bonchev–Trinajstić information content (AvgIpc) is 2.95. The molecule has 6 nitrogen and oxygen atoms in total. The van der Waals surface area contributed by atoms with Crippen molar-refractivity contribution < 1.29 is 4.74 Å². The van der Waals surface area contributed by atoms with Crippen LogP contribution >= 0.6 is 0 Å². The number of nitrogens with zero attached hydrogens (tertiary/aromatic N) is 4. The highest BCUT2D eigenvalue weighted by molar-refractivity contribution is 5.65. The van der Waals surface area contributed by atoms with Gasteiger partial charge >= 0.3 is 0 Å². The lowest BCUT2D eigenvalue weighted by Gasteiger charge is -2.19. The number of methoxy groups -OCH3 is 1. The second-order valence-electron chi connectivity index (χ2n) is 5.03. The van der Waals surface area contributed by atoms with Crippen molar-refractivity contribution in [2.24, 2.45) is 5.92 Å². The Balaban J connectivity index is 2.42. The predicted octanol–water partition coefficient (Wildman–Crippen LogP) is 2.54. The standard InChI is InChI=1S/C14H21N5O/c1-5-9(2)10(3)19-14(16-17-18-19)11-6-7-12(15)13(8-11)20-4/h6-10H,5,15H2,1-4H3. The fourth-order valence-electron chi connectivity index (χ4n) is 2.09. The molecule has 2 atom stereocenters. The van der Waals surface area contributed by atoms with Gasteiger partial charge in [0.25, 0.3) is 0 Å². The van der Waals surface area contributed by atoms with Gasteiger partial charge in [0, 0.05) is 5.56 Å². The van der Waals surface area contributed by atoms with Crippen LogP contribution in [0.25, 0.3) is 11.4 Å². The molecule has 0 fully saturated rings. The van der Waals surface area contributed by atoms with E-state index in [9.17, 15) is 0 Å². The Morgan fingerprint density at radius 2 is 2.10 bits per heavy atom. The molecule has 20 heavy (non-hydrogen) atoms. The SMILES string of the molecule is CCC(C)C(C)n1nnnc1-c1ccc(N)c(OC)c1. The molecule has 1 aromatic carbocycles. The highest BCUT2D eigenvalue weighted by atomic mass is 16.5. The molecule has 0 saturated carbocycles. The second kappa shape index (κ2) is 5.90. The molecular weight excluding hydrogens is 254 g/mol. The smallest absolute Gasteiger partial charge is 0.182 e. The van der Waals surface area contributed by atoms with Gasteiger partial charge in [0.1, 0.15) is 5.75 Å². The van der Waals surface area contributed by atoms with Gasteiger partial charge in [-0.25, -0.2) is 4.68 Å². The summed E-state index contributed by atoms with van der Waals surface area (Å²) in [6, 6.07) is 5.80. The van der Waals surface area contributed by atoms with Gasteiger partial charge in [-0.3, -0.25) is 0 Å². The van der Waals surface area contributed by atoms with Crippen LogP contribution in [-0.4, -0.2) is 27.3 Å². The van der Waals surface area contributed by atoms with Crippen molar-refractivity contribution in [3.8, 4) is 17.1 Å². The van der Waals surface area contributed by atoms with Gasteiger partial charge in [-0.1, -0.05) is 20.3 Å². The first-order valence-corrected chi connectivity index (χ1v) is 6.80. The zero-order chi connectivity index (χ0) is 14.7. The Labute approximate surface area is 118 Å². The van der Waals surface area contributed by atoms with Gasteiger partial charge in [-0.2, -0.15) is 0 Å². The number of benzene rings is 1. The number of rotatable bonds is 5. The van der Waals surface area contributed by atoms with Crippen LogP contribution in [0.15, 0.2) is 18.2 Å². The highest BCUT2D eigenvalue weighted by Crippen LogP contribution is 2.30. The summed E-state index contributed by atoms with van der Waals surface area (Å²) < 4.78 is 7.11. The zero-order valence-corrected chi connectivity index (χ0v) is 12.4. The molecule has 2 rings (SSSR count). The van der Waals surface area contributed by atoms with E-state index in [0.29, 0.717) is 17.4 Å². The van der Waals surface area contributed by atoms with Crippen LogP contribution in [0.4, 0.5) is 5.69 Å². The van der Waals surface area contributed by atoms with Crippen LogP contribution in [0.3, 0.4) is 0 Å². The minimum absolute atomic E-state index is 0.230. The third-order valence-corrected chi connectivity index (χ3v) is 3.84. The molecular formula is C14H21N5O. The zero-order valence-electron chi connectivity index (χ0n) is 12.4. The van der Waals surface area contributed by atoms with Crippen molar-refractivity contribution in [2.75, 3.05) is 12.8 Å². The topological polar surface area (TPSA) is 78.9 Å². The number of anilines is 1. The fraction of sp³-hybridized carbons (Fsp3) is 0.500. The highest BCUT2D eigenvalue weighted by Gasteiger charge is 2.19. The molecule has 2 unspecified atom stereocenters. The Hall–Kier alpha value is -2.11. The summed E-state index contributed by atoms with van der Waals surface area (Å²) >= 11 is 0. The van der Waals surface area contributed by atoms with E-state index in [1.165, 1.54) is 0 Å². The van der Waals surface area contributed by atoms with E-state index in [-0.39, 0.29) is 6.04 Å². The molecule has 6 heteroatoms. The van der Waals surface area contributed by atoms with Gasteiger partial charge < -0.3 is 10.5 Å². The van der Waals surface area contributed by atoms with Gasteiger partial charge in [0.2, 0.25) is 0 Å². The molecule has 0 aliphatic carbocycles. The number of nitrogens with two attached hydrogens (primary N) is 1. The first-order chi connectivity index (χ1) is 9.58. The third kappa shape index (κ3) is 2.59. The number of nitrogen functional groups attached to an aromatic ring is 1. The van der Waals surface area contributed by atoms with Crippen LogP contribution in [0.5, 0.6) is 5.75 Å². The first kappa shape index (κ1) is 14.3. The van der Waals surface area contributed by atoms with Crippen LogP contribution < -0.4 is 10.5 Å². The molecule has 0 aliphatic heterocycles.